The van der Waals surface area contributed by atoms with Crippen LogP contribution in [-0.2, 0) is 14.3 Å². The Hall–Kier alpha value is -4.58. The van der Waals surface area contributed by atoms with E-state index >= 15 is 0 Å². The largest absolute Gasteiger partial charge is 0.496 e. The van der Waals surface area contributed by atoms with E-state index in [9.17, 15) is 14.7 Å². The molecule has 6 nitrogen and oxygen atoms in total. The first-order valence-corrected chi connectivity index (χ1v) is 13.7. The van der Waals surface area contributed by atoms with Gasteiger partial charge >= 0.3 is 11.9 Å². The number of hydrogen-bond acceptors (Lipinski definition) is 5. The number of rotatable bonds is 10. The van der Waals surface area contributed by atoms with Gasteiger partial charge < -0.3 is 19.3 Å². The number of carboxylic acids is 1. The summed E-state index contributed by atoms with van der Waals surface area (Å²) < 4.78 is 17.3. The van der Waals surface area contributed by atoms with E-state index in [1.54, 1.807) is 26.4 Å². The first kappa shape index (κ1) is 28.0. The smallest absolute Gasteiger partial charge is 0.310 e. The van der Waals surface area contributed by atoms with Crippen molar-refractivity contribution in [2.75, 3.05) is 20.8 Å². The van der Waals surface area contributed by atoms with Gasteiger partial charge in [-0.3, -0.25) is 9.59 Å². The number of carbonyl (C=O) groups excluding carboxylic acids is 1. The van der Waals surface area contributed by atoms with Crippen molar-refractivity contribution in [3.05, 3.63) is 125 Å². The summed E-state index contributed by atoms with van der Waals surface area (Å²) in [6.07, 6.45) is 5.85. The summed E-state index contributed by atoms with van der Waals surface area (Å²) in [6.45, 7) is 6.10. The normalized spacial score (nSPS) is 23.0. The van der Waals surface area contributed by atoms with Gasteiger partial charge in [0.1, 0.15) is 18.1 Å². The average molecular weight is 551 g/mol. The molecule has 1 unspecified atom stereocenters. The molecule has 1 N–H and O–H groups in total. The molecule has 210 valence electrons. The zero-order chi connectivity index (χ0) is 29.1. The summed E-state index contributed by atoms with van der Waals surface area (Å²) in [6, 6.07) is 22.6. The minimum Gasteiger partial charge on any atom is -0.496 e. The molecule has 0 aromatic heterocycles. The molecule has 1 fully saturated rings. The van der Waals surface area contributed by atoms with E-state index in [0.29, 0.717) is 22.6 Å². The molecule has 3 aromatic carbocycles. The number of para-hydroxylation sites is 2. The van der Waals surface area contributed by atoms with Gasteiger partial charge in [0, 0.05) is 17.8 Å². The molecule has 5 rings (SSSR count). The van der Waals surface area contributed by atoms with Crippen LogP contribution in [0.4, 0.5) is 0 Å². The second-order valence-corrected chi connectivity index (χ2v) is 10.3. The molecule has 1 saturated carbocycles. The molecular weight excluding hydrogens is 516 g/mol. The van der Waals surface area contributed by atoms with Crippen molar-refractivity contribution in [1.29, 1.82) is 0 Å². The first-order chi connectivity index (χ1) is 20.0. The fourth-order valence-corrected chi connectivity index (χ4v) is 6.62. The number of benzene rings is 3. The summed E-state index contributed by atoms with van der Waals surface area (Å²) in [4.78, 5) is 26.8. The van der Waals surface area contributed by atoms with E-state index in [1.807, 2.05) is 79.7 Å². The lowest BCUT2D eigenvalue weighted by molar-refractivity contribution is -0.164. The minimum absolute atomic E-state index is 0.123. The third-order valence-corrected chi connectivity index (χ3v) is 8.36. The number of methoxy groups -OCH3 is 2. The number of esters is 1. The van der Waals surface area contributed by atoms with Crippen LogP contribution < -0.4 is 9.47 Å². The Kier molecular flexibility index (Phi) is 8.11. The van der Waals surface area contributed by atoms with Crippen molar-refractivity contribution in [3.63, 3.8) is 0 Å². The Balaban J connectivity index is 1.54. The molecule has 2 aliphatic rings. The molecule has 0 radical (unpaired) electrons. The van der Waals surface area contributed by atoms with Gasteiger partial charge in [-0.2, -0.15) is 0 Å². The summed E-state index contributed by atoms with van der Waals surface area (Å²) in [5.74, 6) is -3.43. The van der Waals surface area contributed by atoms with E-state index in [4.69, 9.17) is 14.2 Å². The van der Waals surface area contributed by atoms with Gasteiger partial charge in [0.05, 0.1) is 26.1 Å². The van der Waals surface area contributed by atoms with Crippen molar-refractivity contribution in [1.82, 2.24) is 0 Å². The molecular formula is C35H34O6. The Labute approximate surface area is 240 Å². The van der Waals surface area contributed by atoms with Crippen LogP contribution >= 0.6 is 0 Å². The van der Waals surface area contributed by atoms with Crippen LogP contribution in [0.2, 0.25) is 0 Å². The summed E-state index contributed by atoms with van der Waals surface area (Å²) in [5, 5.41) is 10.4. The lowest BCUT2D eigenvalue weighted by atomic mass is 9.52. The number of allylic oxidation sites excluding steroid dienone is 4. The van der Waals surface area contributed by atoms with Gasteiger partial charge in [-0.15, -0.1) is 0 Å². The third-order valence-electron chi connectivity index (χ3n) is 8.36. The Morgan fingerprint density at radius 3 is 1.88 bits per heavy atom. The van der Waals surface area contributed by atoms with E-state index in [-0.39, 0.29) is 12.5 Å². The highest BCUT2D eigenvalue weighted by Crippen LogP contribution is 2.60. The van der Waals surface area contributed by atoms with Crippen LogP contribution in [0.15, 0.2) is 103 Å². The van der Waals surface area contributed by atoms with Gasteiger partial charge in [0.2, 0.25) is 0 Å². The van der Waals surface area contributed by atoms with Crippen LogP contribution in [0.3, 0.4) is 0 Å². The lowest BCUT2D eigenvalue weighted by Gasteiger charge is -2.49. The molecule has 0 aliphatic heterocycles. The van der Waals surface area contributed by atoms with Crippen LogP contribution in [0.25, 0.3) is 5.57 Å². The van der Waals surface area contributed by atoms with Gasteiger partial charge in [0.25, 0.3) is 0 Å². The van der Waals surface area contributed by atoms with E-state index in [0.717, 1.165) is 22.3 Å². The van der Waals surface area contributed by atoms with Gasteiger partial charge in [-0.25, -0.2) is 0 Å². The second kappa shape index (κ2) is 11.9. The topological polar surface area (TPSA) is 82.1 Å². The molecule has 3 atom stereocenters. The highest BCUT2D eigenvalue weighted by atomic mass is 16.5. The van der Waals surface area contributed by atoms with Crippen molar-refractivity contribution in [2.45, 2.75) is 24.7 Å². The quantitative estimate of drug-likeness (QED) is 0.281. The summed E-state index contributed by atoms with van der Waals surface area (Å²) in [7, 11) is 3.09. The molecule has 0 bridgehead atoms. The number of hydrogen-bond donors (Lipinski definition) is 1. The number of carbonyl (C=O) groups is 2. The molecule has 0 heterocycles. The van der Waals surface area contributed by atoms with Crippen molar-refractivity contribution in [3.8, 4) is 11.5 Å². The molecule has 41 heavy (non-hydrogen) atoms. The standard InChI is InChI=1S/C35H34O6/c1-5-13-22-21(6-2)23-14-7-8-15-24(23)27(22)20-41-35(38)33-30(25-16-9-11-18-28(25)39-3)32(34(36)37)31(33)26-17-10-12-19-29(26)40-4/h5-19,27,30-33H,2,20H2,1,3-4H3,(H,36,37)/b13-5-/t27?,30-,31-,32-,33-/m0/s1. The van der Waals surface area contributed by atoms with Gasteiger partial charge in [-0.1, -0.05) is 85.5 Å². The molecule has 0 saturated heterocycles. The van der Waals surface area contributed by atoms with Crippen LogP contribution in [0.5, 0.6) is 11.5 Å². The molecule has 0 amide bonds. The van der Waals surface area contributed by atoms with E-state index < -0.39 is 35.6 Å². The van der Waals surface area contributed by atoms with Crippen LogP contribution in [0.1, 0.15) is 46.9 Å². The highest BCUT2D eigenvalue weighted by molar-refractivity contribution is 5.87. The Morgan fingerprint density at radius 1 is 0.829 bits per heavy atom. The van der Waals surface area contributed by atoms with E-state index in [2.05, 4.69) is 12.6 Å². The predicted molar refractivity (Wildman–Crippen MR) is 158 cm³/mol. The number of aliphatic carboxylic acids is 1. The maximum Gasteiger partial charge on any atom is 0.310 e. The Morgan fingerprint density at radius 2 is 1.37 bits per heavy atom. The number of fused-ring (bicyclic) bond motifs is 1. The summed E-state index contributed by atoms with van der Waals surface area (Å²) >= 11 is 0. The fourth-order valence-electron chi connectivity index (χ4n) is 6.62. The molecule has 3 aromatic rings. The van der Waals surface area contributed by atoms with E-state index in [1.165, 1.54) is 0 Å². The highest BCUT2D eigenvalue weighted by Gasteiger charge is 2.60. The number of carboxylic acid groups (broad SMARTS) is 1. The second-order valence-electron chi connectivity index (χ2n) is 10.3. The summed E-state index contributed by atoms with van der Waals surface area (Å²) in [5.41, 5.74) is 5.55. The minimum atomic E-state index is -0.987. The fraction of sp³-hybridized carbons (Fsp3) is 0.257. The third kappa shape index (κ3) is 4.84. The predicted octanol–water partition coefficient (Wildman–Crippen LogP) is 6.76. The molecule has 0 spiro atoms. The molecule has 6 heteroatoms. The Bertz CT molecular complexity index is 1480. The van der Waals surface area contributed by atoms with Crippen molar-refractivity contribution < 1.29 is 28.9 Å². The zero-order valence-corrected chi connectivity index (χ0v) is 23.4. The lowest BCUT2D eigenvalue weighted by Crippen LogP contribution is -2.51. The average Bonchev–Trinajstić information content (AvgIpc) is 3.28. The van der Waals surface area contributed by atoms with Crippen molar-refractivity contribution in [2.24, 2.45) is 11.8 Å². The maximum absolute atomic E-state index is 14.1. The maximum atomic E-state index is 14.1. The van der Waals surface area contributed by atoms with Gasteiger partial charge in [0.15, 0.2) is 0 Å². The zero-order valence-electron chi connectivity index (χ0n) is 23.4. The first-order valence-electron chi connectivity index (χ1n) is 13.7. The van der Waals surface area contributed by atoms with Gasteiger partial charge in [-0.05, 0) is 52.5 Å². The van der Waals surface area contributed by atoms with Crippen LogP contribution in [-0.4, -0.2) is 37.9 Å². The monoisotopic (exact) mass is 550 g/mol. The van der Waals surface area contributed by atoms with Crippen molar-refractivity contribution >= 4 is 17.5 Å². The number of ether oxygens (including phenoxy) is 3. The SMILES string of the molecule is C=CC1=C(/C=C\C)C(COC(=O)[C@H]2[C@@H](c3ccccc3OC)[C@H](C(=O)O)[C@@H]2c2ccccc2OC)c2ccccc21. The molecule has 2 aliphatic carbocycles. The van der Waals surface area contributed by atoms with Crippen LogP contribution in [0, 0.1) is 11.8 Å².